The second kappa shape index (κ2) is 11.8. The van der Waals surface area contributed by atoms with Crippen LogP contribution in [0, 0.1) is 5.92 Å². The summed E-state index contributed by atoms with van der Waals surface area (Å²) >= 11 is 0. The van der Waals surface area contributed by atoms with Gasteiger partial charge in [0, 0.05) is 59.0 Å². The molecule has 134 valence electrons. The molecule has 1 aliphatic heterocycles. The van der Waals surface area contributed by atoms with E-state index in [4.69, 9.17) is 9.47 Å². The minimum Gasteiger partial charge on any atom is -0.381 e. The number of hydrogen-bond acceptors (Lipinski definition) is 4. The predicted molar refractivity (Wildman–Crippen MR) is 96.3 cm³/mol. The highest BCUT2D eigenvalue weighted by Crippen LogP contribution is 2.14. The largest absolute Gasteiger partial charge is 0.381 e. The van der Waals surface area contributed by atoms with Gasteiger partial charge in [-0.25, -0.2) is 0 Å². The summed E-state index contributed by atoms with van der Waals surface area (Å²) in [7, 11) is 1.79. The summed E-state index contributed by atoms with van der Waals surface area (Å²) in [6.45, 7) is 5.12. The van der Waals surface area contributed by atoms with Crippen molar-refractivity contribution in [2.45, 2.75) is 25.7 Å². The number of aromatic nitrogens is 1. The summed E-state index contributed by atoms with van der Waals surface area (Å²) in [5, 5.41) is 6.63. The Hall–Kier alpha value is -1.66. The number of rotatable bonds is 9. The first-order valence-electron chi connectivity index (χ1n) is 8.87. The van der Waals surface area contributed by atoms with Gasteiger partial charge in [0.25, 0.3) is 0 Å². The van der Waals surface area contributed by atoms with Gasteiger partial charge >= 0.3 is 0 Å². The fraction of sp³-hybridized carbons (Fsp3) is 0.667. The average molecular weight is 334 g/mol. The van der Waals surface area contributed by atoms with Crippen molar-refractivity contribution in [1.29, 1.82) is 0 Å². The molecule has 1 fully saturated rings. The molecule has 0 unspecified atom stereocenters. The van der Waals surface area contributed by atoms with Crippen LogP contribution in [0.5, 0.6) is 0 Å². The van der Waals surface area contributed by atoms with Gasteiger partial charge in [0.05, 0.1) is 0 Å². The zero-order chi connectivity index (χ0) is 16.9. The van der Waals surface area contributed by atoms with E-state index in [2.05, 4.69) is 26.7 Å². The van der Waals surface area contributed by atoms with E-state index in [1.807, 2.05) is 12.3 Å². The second-order valence-corrected chi connectivity index (χ2v) is 6.02. The summed E-state index contributed by atoms with van der Waals surface area (Å²) in [6, 6.07) is 4.05. The van der Waals surface area contributed by atoms with Crippen molar-refractivity contribution >= 4 is 5.96 Å². The smallest absolute Gasteiger partial charge is 0.190 e. The zero-order valence-electron chi connectivity index (χ0n) is 14.7. The van der Waals surface area contributed by atoms with E-state index >= 15 is 0 Å². The third-order valence-electron chi connectivity index (χ3n) is 4.10. The first kappa shape index (κ1) is 18.7. The van der Waals surface area contributed by atoms with Gasteiger partial charge < -0.3 is 20.1 Å². The molecule has 0 spiro atoms. The van der Waals surface area contributed by atoms with Crippen molar-refractivity contribution < 1.29 is 9.47 Å². The number of pyridine rings is 1. The minimum atomic E-state index is 0.675. The summed E-state index contributed by atoms with van der Waals surface area (Å²) < 4.78 is 11.1. The Bertz CT molecular complexity index is 461. The van der Waals surface area contributed by atoms with E-state index < -0.39 is 0 Å². The Morgan fingerprint density at radius 1 is 1.33 bits per heavy atom. The molecule has 6 nitrogen and oxygen atoms in total. The maximum Gasteiger partial charge on any atom is 0.190 e. The van der Waals surface area contributed by atoms with Crippen molar-refractivity contribution in [3.8, 4) is 0 Å². The van der Waals surface area contributed by atoms with E-state index in [1.54, 1.807) is 13.2 Å². The quantitative estimate of drug-likeness (QED) is 0.408. The van der Waals surface area contributed by atoms with Crippen LogP contribution in [0.15, 0.2) is 29.5 Å². The number of guanidine groups is 1. The maximum atomic E-state index is 5.76. The van der Waals surface area contributed by atoms with Crippen LogP contribution in [0.3, 0.4) is 0 Å². The first-order valence-corrected chi connectivity index (χ1v) is 8.87. The van der Waals surface area contributed by atoms with E-state index in [1.165, 1.54) is 5.56 Å². The molecule has 0 radical (unpaired) electrons. The van der Waals surface area contributed by atoms with Gasteiger partial charge in [0.2, 0.25) is 0 Å². The molecule has 1 aromatic rings. The monoisotopic (exact) mass is 334 g/mol. The molecule has 1 saturated heterocycles. The molecule has 1 aromatic heterocycles. The molecular formula is C18H30N4O2. The lowest BCUT2D eigenvalue weighted by molar-refractivity contribution is 0.0203. The Morgan fingerprint density at radius 2 is 2.17 bits per heavy atom. The van der Waals surface area contributed by atoms with Gasteiger partial charge in [-0.3, -0.25) is 9.98 Å². The Morgan fingerprint density at radius 3 is 2.92 bits per heavy atom. The van der Waals surface area contributed by atoms with Gasteiger partial charge in [0.15, 0.2) is 5.96 Å². The van der Waals surface area contributed by atoms with Crippen LogP contribution in [-0.4, -0.2) is 57.5 Å². The number of ether oxygens (including phenoxy) is 2. The summed E-state index contributed by atoms with van der Waals surface area (Å²) in [5.74, 6) is 1.51. The molecule has 0 aromatic carbocycles. The fourth-order valence-electron chi connectivity index (χ4n) is 2.64. The molecule has 0 saturated carbocycles. The lowest BCUT2D eigenvalue weighted by atomic mass is 10.0. The van der Waals surface area contributed by atoms with Gasteiger partial charge in [-0.15, -0.1) is 0 Å². The van der Waals surface area contributed by atoms with Crippen molar-refractivity contribution in [3.05, 3.63) is 30.1 Å². The Balaban J connectivity index is 1.47. The van der Waals surface area contributed by atoms with Gasteiger partial charge in [0.1, 0.15) is 0 Å². The first-order chi connectivity index (χ1) is 11.9. The number of nitrogens with one attached hydrogen (secondary N) is 2. The predicted octanol–water partition coefficient (Wildman–Crippen LogP) is 1.62. The Kier molecular flexibility index (Phi) is 9.19. The third-order valence-corrected chi connectivity index (χ3v) is 4.10. The molecule has 0 amide bonds. The fourth-order valence-corrected chi connectivity index (χ4v) is 2.64. The van der Waals surface area contributed by atoms with Crippen LogP contribution in [0.4, 0.5) is 0 Å². The molecule has 0 bridgehead atoms. The van der Waals surface area contributed by atoms with E-state index in [-0.39, 0.29) is 0 Å². The Labute approximate surface area is 145 Å². The second-order valence-electron chi connectivity index (χ2n) is 6.02. The molecule has 1 aliphatic rings. The molecule has 6 heteroatoms. The molecule has 2 rings (SSSR count). The van der Waals surface area contributed by atoms with E-state index in [9.17, 15) is 0 Å². The molecule has 2 heterocycles. The van der Waals surface area contributed by atoms with Crippen molar-refractivity contribution in [3.63, 3.8) is 0 Å². The third kappa shape index (κ3) is 7.75. The highest BCUT2D eigenvalue weighted by Gasteiger charge is 2.13. The molecular weight excluding hydrogens is 304 g/mol. The maximum absolute atomic E-state index is 5.76. The van der Waals surface area contributed by atoms with Gasteiger partial charge in [-0.1, -0.05) is 6.07 Å². The highest BCUT2D eigenvalue weighted by molar-refractivity contribution is 5.79. The highest BCUT2D eigenvalue weighted by atomic mass is 16.5. The van der Waals surface area contributed by atoms with Crippen LogP contribution in [0.1, 0.15) is 24.8 Å². The summed E-state index contributed by atoms with van der Waals surface area (Å²) in [6.07, 6.45) is 7.86. The lowest BCUT2D eigenvalue weighted by Gasteiger charge is -2.21. The summed E-state index contributed by atoms with van der Waals surface area (Å²) in [5.41, 5.74) is 1.22. The van der Waals surface area contributed by atoms with Crippen molar-refractivity contribution in [2.75, 3.05) is 46.6 Å². The van der Waals surface area contributed by atoms with Crippen LogP contribution in [-0.2, 0) is 15.9 Å². The van der Waals surface area contributed by atoms with Crippen LogP contribution < -0.4 is 10.6 Å². The summed E-state index contributed by atoms with van der Waals surface area (Å²) in [4.78, 5) is 8.35. The minimum absolute atomic E-state index is 0.675. The van der Waals surface area contributed by atoms with E-state index in [0.29, 0.717) is 5.92 Å². The zero-order valence-corrected chi connectivity index (χ0v) is 14.7. The van der Waals surface area contributed by atoms with Crippen molar-refractivity contribution in [1.82, 2.24) is 15.6 Å². The molecule has 24 heavy (non-hydrogen) atoms. The number of nitrogens with zero attached hydrogens (tertiary/aromatic N) is 2. The van der Waals surface area contributed by atoms with Crippen molar-refractivity contribution in [2.24, 2.45) is 10.9 Å². The molecule has 0 atom stereocenters. The SMILES string of the molecule is CN=C(NCCCOCC1CCOCC1)NCCc1cccnc1. The van der Waals surface area contributed by atoms with Crippen LogP contribution in [0.2, 0.25) is 0 Å². The van der Waals surface area contributed by atoms with Gasteiger partial charge in [-0.05, 0) is 43.2 Å². The lowest BCUT2D eigenvalue weighted by Crippen LogP contribution is -2.39. The average Bonchev–Trinajstić information content (AvgIpc) is 2.64. The molecule has 0 aliphatic carbocycles. The van der Waals surface area contributed by atoms with Gasteiger partial charge in [-0.2, -0.15) is 0 Å². The standard InChI is InChI=1S/C18H30N4O2/c1-19-18(22-10-5-16-4-2-8-20-14-16)21-9-3-11-24-15-17-6-12-23-13-7-17/h2,4,8,14,17H,3,5-7,9-13,15H2,1H3,(H2,19,21,22). The van der Waals surface area contributed by atoms with Crippen LogP contribution >= 0.6 is 0 Å². The number of hydrogen-bond donors (Lipinski definition) is 2. The molecule has 2 N–H and O–H groups in total. The topological polar surface area (TPSA) is 67.8 Å². The van der Waals surface area contributed by atoms with E-state index in [0.717, 1.165) is 71.2 Å². The van der Waals surface area contributed by atoms with Crippen LogP contribution in [0.25, 0.3) is 0 Å². The normalized spacial score (nSPS) is 16.1. The number of aliphatic imine (C=N–C) groups is 1.